The smallest absolute Gasteiger partial charge is 0.132 e. The minimum absolute atomic E-state index is 0.103. The van der Waals surface area contributed by atoms with Crippen molar-refractivity contribution in [3.05, 3.63) is 58.6 Å². The van der Waals surface area contributed by atoms with Gasteiger partial charge in [0.05, 0.1) is 0 Å². The monoisotopic (exact) mass is 352 g/mol. The van der Waals surface area contributed by atoms with E-state index in [-0.39, 0.29) is 5.41 Å². The van der Waals surface area contributed by atoms with Crippen molar-refractivity contribution in [2.24, 2.45) is 0 Å². The van der Waals surface area contributed by atoms with Crippen molar-refractivity contribution >= 4 is 27.5 Å². The molecule has 0 aliphatic heterocycles. The molecule has 106 valence electrons. The molecule has 1 nitrogen and oxygen atoms in total. The Labute approximate surface area is 134 Å². The molecule has 2 aromatic rings. The highest BCUT2D eigenvalue weighted by molar-refractivity contribution is 9.08. The third kappa shape index (κ3) is 3.77. The van der Waals surface area contributed by atoms with Crippen LogP contribution in [0.3, 0.4) is 0 Å². The lowest BCUT2D eigenvalue weighted by molar-refractivity contribution is 0.475. The van der Waals surface area contributed by atoms with E-state index in [9.17, 15) is 0 Å². The first-order valence-corrected chi connectivity index (χ1v) is 8.03. The fraction of sp³-hybridized carbons (Fsp3) is 0.294. The van der Waals surface area contributed by atoms with Crippen molar-refractivity contribution in [1.29, 1.82) is 0 Å². The van der Waals surface area contributed by atoms with E-state index in [2.05, 4.69) is 48.8 Å². The molecule has 0 saturated heterocycles. The zero-order valence-corrected chi connectivity index (χ0v) is 14.3. The van der Waals surface area contributed by atoms with Crippen LogP contribution < -0.4 is 4.74 Å². The van der Waals surface area contributed by atoms with Crippen molar-refractivity contribution in [3.63, 3.8) is 0 Å². The maximum atomic E-state index is 6.05. The SMILES string of the molecule is CC(C)(C)c1cccc(Oc2cc(Cl)ccc2CBr)c1. The maximum Gasteiger partial charge on any atom is 0.132 e. The minimum Gasteiger partial charge on any atom is -0.457 e. The second-order valence-corrected chi connectivity index (χ2v) is 6.76. The van der Waals surface area contributed by atoms with Crippen LogP contribution in [0.2, 0.25) is 5.02 Å². The van der Waals surface area contributed by atoms with Crippen molar-refractivity contribution in [2.45, 2.75) is 31.5 Å². The lowest BCUT2D eigenvalue weighted by atomic mass is 9.87. The molecule has 0 fully saturated rings. The summed E-state index contributed by atoms with van der Waals surface area (Å²) < 4.78 is 6.00. The molecule has 0 unspecified atom stereocenters. The van der Waals surface area contributed by atoms with Crippen LogP contribution in [0.5, 0.6) is 11.5 Å². The standard InChI is InChI=1S/C17H18BrClO/c1-17(2,3)13-5-4-6-15(9-13)20-16-10-14(19)8-7-12(16)11-18/h4-10H,11H2,1-3H3. The zero-order chi connectivity index (χ0) is 14.8. The van der Waals surface area contributed by atoms with Crippen LogP contribution in [0.15, 0.2) is 42.5 Å². The predicted molar refractivity (Wildman–Crippen MR) is 89.3 cm³/mol. The lowest BCUT2D eigenvalue weighted by Gasteiger charge is -2.20. The average molecular weight is 354 g/mol. The molecule has 20 heavy (non-hydrogen) atoms. The summed E-state index contributed by atoms with van der Waals surface area (Å²) in [4.78, 5) is 0. The highest BCUT2D eigenvalue weighted by Gasteiger charge is 2.14. The first kappa shape index (κ1) is 15.4. The van der Waals surface area contributed by atoms with Crippen molar-refractivity contribution in [1.82, 2.24) is 0 Å². The van der Waals surface area contributed by atoms with E-state index < -0.39 is 0 Å². The van der Waals surface area contributed by atoms with E-state index in [4.69, 9.17) is 16.3 Å². The van der Waals surface area contributed by atoms with Crippen molar-refractivity contribution in [3.8, 4) is 11.5 Å². The molecule has 3 heteroatoms. The van der Waals surface area contributed by atoms with Crippen LogP contribution in [-0.4, -0.2) is 0 Å². The van der Waals surface area contributed by atoms with Crippen LogP contribution in [0, 0.1) is 0 Å². The second-order valence-electron chi connectivity index (χ2n) is 5.77. The van der Waals surface area contributed by atoms with Gasteiger partial charge in [-0.25, -0.2) is 0 Å². The minimum atomic E-state index is 0.103. The van der Waals surface area contributed by atoms with Gasteiger partial charge in [-0.1, -0.05) is 66.5 Å². The highest BCUT2D eigenvalue weighted by Crippen LogP contribution is 2.32. The number of hydrogen-bond acceptors (Lipinski definition) is 1. The molecule has 0 spiro atoms. The Bertz CT molecular complexity index is 602. The van der Waals surface area contributed by atoms with E-state index >= 15 is 0 Å². The van der Waals surface area contributed by atoms with Crippen LogP contribution in [-0.2, 0) is 10.7 Å². The van der Waals surface area contributed by atoms with E-state index in [0.717, 1.165) is 22.4 Å². The summed E-state index contributed by atoms with van der Waals surface area (Å²) in [6.07, 6.45) is 0. The number of rotatable bonds is 3. The molecule has 0 aliphatic carbocycles. The van der Waals surface area contributed by atoms with Gasteiger partial charge in [-0.05, 0) is 35.2 Å². The van der Waals surface area contributed by atoms with Gasteiger partial charge in [-0.3, -0.25) is 0 Å². The summed E-state index contributed by atoms with van der Waals surface area (Å²) in [5.41, 5.74) is 2.43. The number of ether oxygens (including phenoxy) is 1. The molecule has 0 aromatic heterocycles. The molecule has 0 atom stereocenters. The third-order valence-electron chi connectivity index (χ3n) is 3.10. The topological polar surface area (TPSA) is 9.23 Å². The molecule has 0 radical (unpaired) electrons. The van der Waals surface area contributed by atoms with Crippen LogP contribution >= 0.6 is 27.5 Å². The Hall–Kier alpha value is -0.990. The van der Waals surface area contributed by atoms with Gasteiger partial charge in [-0.2, -0.15) is 0 Å². The summed E-state index contributed by atoms with van der Waals surface area (Å²) in [5, 5.41) is 1.41. The Balaban J connectivity index is 2.33. The van der Waals surface area contributed by atoms with Gasteiger partial charge in [0.1, 0.15) is 11.5 Å². The lowest BCUT2D eigenvalue weighted by Crippen LogP contribution is -2.10. The molecule has 0 bridgehead atoms. The first-order valence-electron chi connectivity index (χ1n) is 6.53. The van der Waals surface area contributed by atoms with Gasteiger partial charge in [-0.15, -0.1) is 0 Å². The normalized spacial score (nSPS) is 11.4. The summed E-state index contributed by atoms with van der Waals surface area (Å²) in [5.74, 6) is 1.63. The molecule has 0 amide bonds. The predicted octanol–water partition coefficient (Wildman–Crippen LogP) is 6.32. The summed E-state index contributed by atoms with van der Waals surface area (Å²) in [6.45, 7) is 6.57. The van der Waals surface area contributed by atoms with Crippen molar-refractivity contribution in [2.75, 3.05) is 0 Å². The highest BCUT2D eigenvalue weighted by atomic mass is 79.9. The van der Waals surface area contributed by atoms with Gasteiger partial charge in [0.2, 0.25) is 0 Å². The summed E-state index contributed by atoms with van der Waals surface area (Å²) in [6, 6.07) is 13.9. The second kappa shape index (κ2) is 6.19. The molecule has 2 aromatic carbocycles. The van der Waals surface area contributed by atoms with E-state index in [1.807, 2.05) is 30.3 Å². The molecule has 0 heterocycles. The Morgan fingerprint density at radius 1 is 1.10 bits per heavy atom. The Morgan fingerprint density at radius 3 is 2.50 bits per heavy atom. The summed E-state index contributed by atoms with van der Waals surface area (Å²) >= 11 is 9.52. The third-order valence-corrected chi connectivity index (χ3v) is 3.94. The molecular formula is C17H18BrClO. The summed E-state index contributed by atoms with van der Waals surface area (Å²) in [7, 11) is 0. The van der Waals surface area contributed by atoms with Crippen LogP contribution in [0.4, 0.5) is 0 Å². The van der Waals surface area contributed by atoms with E-state index in [1.54, 1.807) is 0 Å². The number of alkyl halides is 1. The zero-order valence-electron chi connectivity index (χ0n) is 11.9. The molecule has 0 saturated carbocycles. The number of hydrogen-bond donors (Lipinski definition) is 0. The Kier molecular flexibility index (Phi) is 4.77. The largest absolute Gasteiger partial charge is 0.457 e. The fourth-order valence-electron chi connectivity index (χ4n) is 1.89. The molecule has 0 aliphatic rings. The van der Waals surface area contributed by atoms with E-state index in [1.165, 1.54) is 5.56 Å². The molecular weight excluding hydrogens is 336 g/mol. The maximum absolute atomic E-state index is 6.05. The average Bonchev–Trinajstić information content (AvgIpc) is 2.38. The Morgan fingerprint density at radius 2 is 1.85 bits per heavy atom. The quantitative estimate of drug-likeness (QED) is 0.586. The number of benzene rings is 2. The van der Waals surface area contributed by atoms with Gasteiger partial charge >= 0.3 is 0 Å². The van der Waals surface area contributed by atoms with Gasteiger partial charge in [0.15, 0.2) is 0 Å². The van der Waals surface area contributed by atoms with Gasteiger partial charge in [0, 0.05) is 15.9 Å². The van der Waals surface area contributed by atoms with Crippen LogP contribution in [0.25, 0.3) is 0 Å². The molecule has 2 rings (SSSR count). The van der Waals surface area contributed by atoms with Crippen LogP contribution in [0.1, 0.15) is 31.9 Å². The first-order chi connectivity index (χ1) is 9.40. The van der Waals surface area contributed by atoms with E-state index in [0.29, 0.717) is 5.02 Å². The molecule has 0 N–H and O–H groups in total. The van der Waals surface area contributed by atoms with Gasteiger partial charge in [0.25, 0.3) is 0 Å². The number of halogens is 2. The van der Waals surface area contributed by atoms with Crippen molar-refractivity contribution < 1.29 is 4.74 Å². The fourth-order valence-corrected chi connectivity index (χ4v) is 2.51. The van der Waals surface area contributed by atoms with Gasteiger partial charge < -0.3 is 4.74 Å².